The molecule has 1 aliphatic heterocycles. The minimum Gasteiger partial charge on any atom is -0.372 e. The van der Waals surface area contributed by atoms with Gasteiger partial charge in [-0.25, -0.2) is 0 Å². The molecule has 0 atom stereocenters. The topological polar surface area (TPSA) is 50.8 Å². The Hall–Kier alpha value is -2.26. The molecule has 3 nitrogen and oxygen atoms in total. The first-order valence-electron chi connectivity index (χ1n) is 7.16. The van der Waals surface area contributed by atoms with E-state index in [4.69, 9.17) is 10.5 Å². The smallest absolute Gasteiger partial charge is 0.151 e. The highest BCUT2D eigenvalue weighted by Gasteiger charge is 2.09. The lowest BCUT2D eigenvalue weighted by Gasteiger charge is -2.22. The Morgan fingerprint density at radius 3 is 2.10 bits per heavy atom. The zero-order valence-electron chi connectivity index (χ0n) is 11.6. The van der Waals surface area contributed by atoms with Gasteiger partial charge >= 0.3 is 0 Å². The van der Waals surface area contributed by atoms with Crippen LogP contribution in [0.3, 0.4) is 0 Å². The minimum atomic E-state index is -0.666. The molecule has 3 heteroatoms. The molecule has 0 radical (unpaired) electrons. The van der Waals surface area contributed by atoms with Crippen LogP contribution in [0.5, 0.6) is 0 Å². The molecule has 20 heavy (non-hydrogen) atoms. The maximum Gasteiger partial charge on any atom is 0.151 e. The van der Waals surface area contributed by atoms with Crippen molar-refractivity contribution in [3.05, 3.63) is 35.9 Å². The average molecular weight is 265 g/mol. The maximum absolute atomic E-state index is 8.71. The Morgan fingerprint density at radius 2 is 1.55 bits per heavy atom. The predicted molar refractivity (Wildman–Crippen MR) is 80.9 cm³/mol. The quantitative estimate of drug-likeness (QED) is 0.836. The first kappa shape index (κ1) is 14.2. The van der Waals surface area contributed by atoms with E-state index in [2.05, 4.69) is 17.0 Å². The summed E-state index contributed by atoms with van der Waals surface area (Å²) in [5.41, 5.74) is 2.29. The van der Waals surface area contributed by atoms with E-state index in [1.165, 1.54) is 31.4 Å². The van der Waals surface area contributed by atoms with Crippen molar-refractivity contribution < 1.29 is 0 Å². The fraction of sp³-hybridized carbons (Fsp3) is 0.412. The molecule has 0 aliphatic carbocycles. The van der Waals surface area contributed by atoms with Crippen molar-refractivity contribution in [2.24, 2.45) is 5.92 Å². The van der Waals surface area contributed by atoms with Gasteiger partial charge < -0.3 is 4.90 Å². The van der Waals surface area contributed by atoms with Gasteiger partial charge in [0.1, 0.15) is 0 Å². The maximum atomic E-state index is 8.71. The monoisotopic (exact) mass is 265 g/mol. The second-order valence-corrected chi connectivity index (χ2v) is 5.09. The number of benzene rings is 1. The number of nitrogens with zero attached hydrogens (tertiary/aromatic N) is 3. The van der Waals surface area contributed by atoms with Gasteiger partial charge in [0, 0.05) is 18.8 Å². The molecule has 0 unspecified atom stereocenters. The fourth-order valence-corrected chi connectivity index (χ4v) is 2.45. The Kier molecular flexibility index (Phi) is 5.21. The second-order valence-electron chi connectivity index (χ2n) is 5.09. The molecule has 1 saturated heterocycles. The third-order valence-corrected chi connectivity index (χ3v) is 3.62. The largest absolute Gasteiger partial charge is 0.372 e. The molecular weight excluding hydrogens is 246 g/mol. The van der Waals surface area contributed by atoms with E-state index in [9.17, 15) is 0 Å². The molecule has 102 valence electrons. The van der Waals surface area contributed by atoms with Gasteiger partial charge in [0.2, 0.25) is 0 Å². The molecule has 0 N–H and O–H groups in total. The minimum absolute atomic E-state index is 0.666. The molecule has 1 aromatic carbocycles. The average Bonchev–Trinajstić information content (AvgIpc) is 2.78. The Balaban J connectivity index is 2.03. The van der Waals surface area contributed by atoms with Crippen LogP contribution in [0.4, 0.5) is 5.69 Å². The summed E-state index contributed by atoms with van der Waals surface area (Å²) in [5, 5.41) is 17.4. The van der Waals surface area contributed by atoms with Crippen LogP contribution in [0.1, 0.15) is 31.2 Å². The van der Waals surface area contributed by atoms with Crippen LogP contribution < -0.4 is 4.90 Å². The molecular formula is C17H19N3. The van der Waals surface area contributed by atoms with Gasteiger partial charge in [-0.3, -0.25) is 0 Å². The zero-order chi connectivity index (χ0) is 14.2. The molecule has 1 fully saturated rings. The molecule has 1 aliphatic rings. The molecule has 0 saturated carbocycles. The molecule has 1 heterocycles. The van der Waals surface area contributed by atoms with Gasteiger partial charge in [-0.05, 0) is 30.5 Å². The van der Waals surface area contributed by atoms with Gasteiger partial charge in [0.15, 0.2) is 5.92 Å². The molecule has 0 aromatic heterocycles. The number of rotatable bonds is 3. The van der Waals surface area contributed by atoms with Crippen LogP contribution >= 0.6 is 0 Å². The van der Waals surface area contributed by atoms with Crippen molar-refractivity contribution >= 4 is 11.8 Å². The summed E-state index contributed by atoms with van der Waals surface area (Å²) >= 11 is 0. The Bertz CT molecular complexity index is 509. The van der Waals surface area contributed by atoms with Crippen molar-refractivity contribution in [3.63, 3.8) is 0 Å². The number of anilines is 1. The number of nitriles is 2. The summed E-state index contributed by atoms with van der Waals surface area (Å²) in [6.07, 6.45) is 8.69. The van der Waals surface area contributed by atoms with Gasteiger partial charge in [-0.2, -0.15) is 10.5 Å². The molecule has 0 spiro atoms. The van der Waals surface area contributed by atoms with Crippen LogP contribution in [-0.4, -0.2) is 13.1 Å². The third-order valence-electron chi connectivity index (χ3n) is 3.62. The van der Waals surface area contributed by atoms with Gasteiger partial charge in [-0.15, -0.1) is 0 Å². The molecule has 2 rings (SSSR count). The normalized spacial score (nSPS) is 15.8. The first-order chi connectivity index (χ1) is 9.83. The summed E-state index contributed by atoms with van der Waals surface area (Å²) < 4.78 is 0. The van der Waals surface area contributed by atoms with Crippen molar-refractivity contribution in [2.45, 2.75) is 25.7 Å². The summed E-state index contributed by atoms with van der Waals surface area (Å²) in [6.45, 7) is 2.28. The number of hydrogen-bond acceptors (Lipinski definition) is 3. The first-order valence-corrected chi connectivity index (χ1v) is 7.16. The highest BCUT2D eigenvalue weighted by atomic mass is 15.1. The lowest BCUT2D eigenvalue weighted by atomic mass is 10.1. The highest BCUT2D eigenvalue weighted by molar-refractivity contribution is 5.56. The van der Waals surface area contributed by atoms with Crippen LogP contribution in [0, 0.1) is 28.6 Å². The van der Waals surface area contributed by atoms with Crippen molar-refractivity contribution in [1.29, 1.82) is 10.5 Å². The van der Waals surface area contributed by atoms with Crippen LogP contribution in [0.2, 0.25) is 0 Å². The second kappa shape index (κ2) is 7.36. The van der Waals surface area contributed by atoms with E-state index in [0.717, 1.165) is 18.7 Å². The lowest BCUT2D eigenvalue weighted by molar-refractivity contribution is 0.726. The predicted octanol–water partition coefficient (Wildman–Crippen LogP) is 3.74. The van der Waals surface area contributed by atoms with Crippen LogP contribution in [0.15, 0.2) is 30.3 Å². The van der Waals surface area contributed by atoms with Gasteiger partial charge in [0.05, 0.1) is 12.1 Å². The SMILES string of the molecule is N#CC(C#N)C=Cc1ccc(N2CCCCCC2)cc1. The summed E-state index contributed by atoms with van der Waals surface area (Å²) in [6, 6.07) is 12.2. The van der Waals surface area contributed by atoms with Gasteiger partial charge in [0.25, 0.3) is 0 Å². The summed E-state index contributed by atoms with van der Waals surface area (Å²) in [4.78, 5) is 2.44. The number of hydrogen-bond donors (Lipinski definition) is 0. The van der Waals surface area contributed by atoms with Gasteiger partial charge in [-0.1, -0.05) is 37.1 Å². The standard InChI is InChI=1S/C17H19N3/c18-13-16(14-19)6-5-15-7-9-17(10-8-15)20-11-3-1-2-4-12-20/h5-10,16H,1-4,11-12H2. The van der Waals surface area contributed by atoms with E-state index < -0.39 is 5.92 Å². The Morgan fingerprint density at radius 1 is 0.950 bits per heavy atom. The summed E-state index contributed by atoms with van der Waals surface area (Å²) in [7, 11) is 0. The van der Waals surface area contributed by atoms with E-state index >= 15 is 0 Å². The van der Waals surface area contributed by atoms with Crippen molar-refractivity contribution in [1.82, 2.24) is 0 Å². The van der Waals surface area contributed by atoms with Crippen LogP contribution in [-0.2, 0) is 0 Å². The van der Waals surface area contributed by atoms with E-state index in [1.807, 2.05) is 30.3 Å². The third kappa shape index (κ3) is 3.87. The molecule has 0 amide bonds. The van der Waals surface area contributed by atoms with E-state index in [0.29, 0.717) is 0 Å². The van der Waals surface area contributed by atoms with E-state index in [1.54, 1.807) is 6.08 Å². The lowest BCUT2D eigenvalue weighted by Crippen LogP contribution is -2.23. The Labute approximate surface area is 120 Å². The fourth-order valence-electron chi connectivity index (χ4n) is 2.45. The summed E-state index contributed by atoms with van der Waals surface area (Å²) in [5.74, 6) is -0.666. The number of allylic oxidation sites excluding steroid dienone is 1. The zero-order valence-corrected chi connectivity index (χ0v) is 11.6. The van der Waals surface area contributed by atoms with Crippen LogP contribution in [0.25, 0.3) is 6.08 Å². The van der Waals surface area contributed by atoms with E-state index in [-0.39, 0.29) is 0 Å². The highest BCUT2D eigenvalue weighted by Crippen LogP contribution is 2.20. The van der Waals surface area contributed by atoms with Crippen molar-refractivity contribution in [3.8, 4) is 12.1 Å². The van der Waals surface area contributed by atoms with Crippen molar-refractivity contribution in [2.75, 3.05) is 18.0 Å². The molecule has 1 aromatic rings. The molecule has 0 bridgehead atoms.